The lowest BCUT2D eigenvalue weighted by Crippen LogP contribution is -2.31. The van der Waals surface area contributed by atoms with Crippen LogP contribution in [0.2, 0.25) is 0 Å². The van der Waals surface area contributed by atoms with Crippen LogP contribution in [-0.4, -0.2) is 30.8 Å². The topological polar surface area (TPSA) is 67.8 Å². The Balaban J connectivity index is 2.57. The van der Waals surface area contributed by atoms with E-state index in [1.807, 2.05) is 13.8 Å². The highest BCUT2D eigenvalue weighted by atomic mass is 16.5. The van der Waals surface area contributed by atoms with E-state index in [4.69, 9.17) is 9.47 Å². The van der Waals surface area contributed by atoms with E-state index in [9.17, 15) is 9.90 Å². The number of rotatable bonds is 7. The lowest BCUT2D eigenvalue weighted by atomic mass is 10.1. The smallest absolute Gasteiger partial charge is 0.223 e. The molecule has 20 heavy (non-hydrogen) atoms. The third kappa shape index (κ3) is 5.09. The van der Waals surface area contributed by atoms with Crippen LogP contribution in [0.15, 0.2) is 18.2 Å². The Bertz CT molecular complexity index is 443. The van der Waals surface area contributed by atoms with E-state index in [1.54, 1.807) is 32.2 Å². The highest BCUT2D eigenvalue weighted by Gasteiger charge is 2.10. The minimum atomic E-state index is -0.560. The predicted molar refractivity (Wildman–Crippen MR) is 77.0 cm³/mol. The zero-order chi connectivity index (χ0) is 15.1. The monoisotopic (exact) mass is 281 g/mol. The Morgan fingerprint density at radius 3 is 2.55 bits per heavy atom. The summed E-state index contributed by atoms with van der Waals surface area (Å²) >= 11 is 0. The number of benzene rings is 1. The van der Waals surface area contributed by atoms with E-state index in [1.165, 1.54) is 0 Å². The molecular weight excluding hydrogens is 258 g/mol. The number of methoxy groups -OCH3 is 1. The average molecular weight is 281 g/mol. The molecule has 5 nitrogen and oxygen atoms in total. The van der Waals surface area contributed by atoms with Crippen LogP contribution in [0.4, 0.5) is 0 Å². The van der Waals surface area contributed by atoms with Crippen molar-refractivity contribution >= 4 is 5.91 Å². The van der Waals surface area contributed by atoms with E-state index in [2.05, 4.69) is 5.32 Å². The van der Waals surface area contributed by atoms with Crippen molar-refractivity contribution in [2.75, 3.05) is 13.7 Å². The maximum absolute atomic E-state index is 11.5. The lowest BCUT2D eigenvalue weighted by molar-refractivity contribution is -0.122. The minimum Gasteiger partial charge on any atom is -0.493 e. The number of hydrogen-bond donors (Lipinski definition) is 2. The quantitative estimate of drug-likeness (QED) is 0.802. The van der Waals surface area contributed by atoms with Crippen molar-refractivity contribution in [2.45, 2.75) is 39.3 Å². The highest BCUT2D eigenvalue weighted by molar-refractivity contribution is 5.76. The van der Waals surface area contributed by atoms with Crippen molar-refractivity contribution in [1.29, 1.82) is 0 Å². The van der Waals surface area contributed by atoms with E-state index in [-0.39, 0.29) is 18.6 Å². The Kier molecular flexibility index (Phi) is 6.31. The van der Waals surface area contributed by atoms with Crippen LogP contribution < -0.4 is 14.8 Å². The first-order valence-electron chi connectivity index (χ1n) is 6.72. The molecular formula is C15H23NO4. The Hall–Kier alpha value is -1.75. The van der Waals surface area contributed by atoms with Gasteiger partial charge in [-0.05, 0) is 38.5 Å². The second-order valence-electron chi connectivity index (χ2n) is 4.91. The summed E-state index contributed by atoms with van der Waals surface area (Å²) in [4.78, 5) is 11.5. The molecule has 1 unspecified atom stereocenters. The summed E-state index contributed by atoms with van der Waals surface area (Å²) < 4.78 is 10.8. The number of hydrogen-bond acceptors (Lipinski definition) is 4. The molecule has 0 aliphatic carbocycles. The van der Waals surface area contributed by atoms with Crippen LogP contribution in [-0.2, 0) is 4.79 Å². The summed E-state index contributed by atoms with van der Waals surface area (Å²) in [6.07, 6.45) is -0.269. The maximum Gasteiger partial charge on any atom is 0.223 e. The molecule has 0 aromatic heterocycles. The zero-order valence-corrected chi connectivity index (χ0v) is 12.5. The van der Waals surface area contributed by atoms with Crippen molar-refractivity contribution in [3.8, 4) is 11.5 Å². The molecule has 0 saturated carbocycles. The molecule has 1 aromatic carbocycles. The second-order valence-corrected chi connectivity index (χ2v) is 4.91. The summed E-state index contributed by atoms with van der Waals surface area (Å²) in [6.45, 7) is 5.79. The number of carbonyl (C=O) groups is 1. The van der Waals surface area contributed by atoms with Gasteiger partial charge in [0.1, 0.15) is 0 Å². The molecule has 112 valence electrons. The normalized spacial score (nSPS) is 12.1. The van der Waals surface area contributed by atoms with E-state index >= 15 is 0 Å². The van der Waals surface area contributed by atoms with Crippen LogP contribution in [0.1, 0.15) is 38.9 Å². The first-order chi connectivity index (χ1) is 9.43. The standard InChI is InChI=1S/C15H23NO4/c1-10(2)16-15(18)7-8-20-13-6-5-12(11(3)17)9-14(13)19-4/h5-6,9-11,17H,7-8H2,1-4H3,(H,16,18). The molecule has 1 amide bonds. The van der Waals surface area contributed by atoms with Gasteiger partial charge in [0.2, 0.25) is 5.91 Å². The van der Waals surface area contributed by atoms with Gasteiger partial charge >= 0.3 is 0 Å². The van der Waals surface area contributed by atoms with E-state index in [0.29, 0.717) is 17.9 Å². The fourth-order valence-electron chi connectivity index (χ4n) is 1.71. The molecule has 0 fully saturated rings. The van der Waals surface area contributed by atoms with Crippen molar-refractivity contribution in [3.05, 3.63) is 23.8 Å². The van der Waals surface area contributed by atoms with Gasteiger partial charge in [-0.1, -0.05) is 6.07 Å². The lowest BCUT2D eigenvalue weighted by Gasteiger charge is -2.13. The predicted octanol–water partition coefficient (Wildman–Crippen LogP) is 2.04. The third-order valence-corrected chi connectivity index (χ3v) is 2.71. The number of amides is 1. The highest BCUT2D eigenvalue weighted by Crippen LogP contribution is 2.30. The molecule has 0 aliphatic rings. The van der Waals surface area contributed by atoms with Gasteiger partial charge in [-0.25, -0.2) is 0 Å². The largest absolute Gasteiger partial charge is 0.493 e. The minimum absolute atomic E-state index is 0.0421. The van der Waals surface area contributed by atoms with Gasteiger partial charge in [0, 0.05) is 6.04 Å². The maximum atomic E-state index is 11.5. The molecule has 0 bridgehead atoms. The van der Waals surface area contributed by atoms with Gasteiger partial charge in [0.25, 0.3) is 0 Å². The Morgan fingerprint density at radius 2 is 2.00 bits per heavy atom. The number of nitrogens with one attached hydrogen (secondary N) is 1. The number of aliphatic hydroxyl groups excluding tert-OH is 1. The summed E-state index contributed by atoms with van der Waals surface area (Å²) in [5.74, 6) is 1.07. The third-order valence-electron chi connectivity index (χ3n) is 2.71. The Labute approximate surface area is 119 Å². The molecule has 0 aliphatic heterocycles. The van der Waals surface area contributed by atoms with Gasteiger partial charge in [-0.2, -0.15) is 0 Å². The molecule has 0 radical (unpaired) electrons. The first kappa shape index (κ1) is 16.3. The SMILES string of the molecule is COc1cc(C(C)O)ccc1OCCC(=O)NC(C)C. The molecule has 0 heterocycles. The van der Waals surface area contributed by atoms with Crippen LogP contribution in [0, 0.1) is 0 Å². The summed E-state index contributed by atoms with van der Waals surface area (Å²) in [5, 5.41) is 12.3. The number of carbonyl (C=O) groups excluding carboxylic acids is 1. The van der Waals surface area contributed by atoms with Crippen LogP contribution in [0.25, 0.3) is 0 Å². The van der Waals surface area contributed by atoms with Gasteiger partial charge in [0.15, 0.2) is 11.5 Å². The molecule has 1 rings (SSSR count). The molecule has 1 aromatic rings. The van der Waals surface area contributed by atoms with Crippen molar-refractivity contribution < 1.29 is 19.4 Å². The van der Waals surface area contributed by atoms with Gasteiger partial charge < -0.3 is 19.9 Å². The Morgan fingerprint density at radius 1 is 1.30 bits per heavy atom. The van der Waals surface area contributed by atoms with Crippen molar-refractivity contribution in [1.82, 2.24) is 5.32 Å². The first-order valence-corrected chi connectivity index (χ1v) is 6.72. The molecule has 0 spiro atoms. The zero-order valence-electron chi connectivity index (χ0n) is 12.5. The van der Waals surface area contributed by atoms with Crippen molar-refractivity contribution in [2.24, 2.45) is 0 Å². The van der Waals surface area contributed by atoms with Crippen LogP contribution in [0.5, 0.6) is 11.5 Å². The summed E-state index contributed by atoms with van der Waals surface area (Å²) in [5.41, 5.74) is 0.756. The fraction of sp³-hybridized carbons (Fsp3) is 0.533. The van der Waals surface area contributed by atoms with E-state index < -0.39 is 6.10 Å². The molecule has 2 N–H and O–H groups in total. The number of ether oxygens (including phenoxy) is 2. The molecule has 1 atom stereocenters. The van der Waals surface area contributed by atoms with E-state index in [0.717, 1.165) is 5.56 Å². The van der Waals surface area contributed by atoms with Crippen molar-refractivity contribution in [3.63, 3.8) is 0 Å². The molecule has 0 saturated heterocycles. The van der Waals surface area contributed by atoms with Crippen LogP contribution >= 0.6 is 0 Å². The van der Waals surface area contributed by atoms with Gasteiger partial charge in [-0.15, -0.1) is 0 Å². The average Bonchev–Trinajstić information content (AvgIpc) is 2.37. The summed E-state index contributed by atoms with van der Waals surface area (Å²) in [6, 6.07) is 5.37. The second kappa shape index (κ2) is 7.75. The fourth-order valence-corrected chi connectivity index (χ4v) is 1.71. The van der Waals surface area contributed by atoms with Gasteiger partial charge in [0.05, 0.1) is 26.2 Å². The van der Waals surface area contributed by atoms with Crippen LogP contribution in [0.3, 0.4) is 0 Å². The number of aliphatic hydroxyl groups is 1. The van der Waals surface area contributed by atoms with Gasteiger partial charge in [-0.3, -0.25) is 4.79 Å². The molecule has 5 heteroatoms. The summed E-state index contributed by atoms with van der Waals surface area (Å²) in [7, 11) is 1.54.